The number of piperidine rings is 1. The fourth-order valence-corrected chi connectivity index (χ4v) is 6.82. The molecule has 294 valence electrons. The molecule has 12 nitrogen and oxygen atoms in total. The summed E-state index contributed by atoms with van der Waals surface area (Å²) >= 11 is 0. The zero-order valence-corrected chi connectivity index (χ0v) is 31.9. The van der Waals surface area contributed by atoms with Crippen LogP contribution in [0.3, 0.4) is 0 Å². The zero-order valence-electron chi connectivity index (χ0n) is 31.9. The number of nitrogens with one attached hydrogen (secondary N) is 2. The Balaban J connectivity index is 1.15. The van der Waals surface area contributed by atoms with Crippen LogP contribution in [0.15, 0.2) is 60.8 Å². The van der Waals surface area contributed by atoms with Gasteiger partial charge in [0.15, 0.2) is 0 Å². The molecule has 3 heterocycles. The third-order valence-electron chi connectivity index (χ3n) is 9.96. The Hall–Kier alpha value is -4.74. The molecule has 13 heteroatoms. The van der Waals surface area contributed by atoms with Gasteiger partial charge in [0.1, 0.15) is 11.5 Å². The van der Waals surface area contributed by atoms with E-state index in [1.807, 2.05) is 36.1 Å². The highest BCUT2D eigenvalue weighted by Crippen LogP contribution is 2.19. The van der Waals surface area contributed by atoms with E-state index in [9.17, 15) is 18.8 Å². The van der Waals surface area contributed by atoms with E-state index in [4.69, 9.17) is 14.7 Å². The van der Waals surface area contributed by atoms with Gasteiger partial charge in [0.05, 0.1) is 37.0 Å². The lowest BCUT2D eigenvalue weighted by Gasteiger charge is -2.35. The topological polar surface area (TPSA) is 140 Å². The van der Waals surface area contributed by atoms with Crippen LogP contribution in [0.2, 0.25) is 0 Å². The van der Waals surface area contributed by atoms with Crippen LogP contribution >= 0.6 is 0 Å². The highest BCUT2D eigenvalue weighted by Gasteiger charge is 2.26. The van der Waals surface area contributed by atoms with Crippen LogP contribution in [-0.4, -0.2) is 116 Å². The molecule has 0 unspecified atom stereocenters. The smallest absolute Gasteiger partial charge is 0.270 e. The number of hydrogen-bond donors (Lipinski definition) is 2. The maximum Gasteiger partial charge on any atom is 0.270 e. The van der Waals surface area contributed by atoms with Gasteiger partial charge < -0.3 is 25.0 Å². The van der Waals surface area contributed by atoms with Crippen LogP contribution in [-0.2, 0) is 33.8 Å². The summed E-state index contributed by atoms with van der Waals surface area (Å²) in [6.45, 7) is 10.0. The Morgan fingerprint density at radius 1 is 0.873 bits per heavy atom. The van der Waals surface area contributed by atoms with Gasteiger partial charge in [0.2, 0.25) is 5.91 Å². The van der Waals surface area contributed by atoms with Gasteiger partial charge in [0.25, 0.3) is 11.8 Å². The van der Waals surface area contributed by atoms with Crippen molar-refractivity contribution in [3.63, 3.8) is 0 Å². The van der Waals surface area contributed by atoms with Crippen molar-refractivity contribution in [2.45, 2.75) is 64.6 Å². The van der Waals surface area contributed by atoms with Crippen molar-refractivity contribution < 1.29 is 28.2 Å². The second-order valence-electron chi connectivity index (χ2n) is 14.2. The van der Waals surface area contributed by atoms with Crippen LogP contribution < -0.4 is 10.6 Å². The number of amides is 3. The second kappa shape index (κ2) is 22.0. The molecule has 0 bridgehead atoms. The number of piperazine rings is 1. The van der Waals surface area contributed by atoms with Crippen LogP contribution in [0, 0.1) is 17.1 Å². The van der Waals surface area contributed by atoms with E-state index in [1.54, 1.807) is 18.2 Å². The van der Waals surface area contributed by atoms with E-state index in [2.05, 4.69) is 31.5 Å². The first-order chi connectivity index (χ1) is 26.8. The monoisotopic (exact) mass is 755 g/mol. The molecular formula is C42H54FN7O5. The molecule has 0 aliphatic carbocycles. The van der Waals surface area contributed by atoms with E-state index in [0.29, 0.717) is 101 Å². The Kier molecular flexibility index (Phi) is 16.5. The summed E-state index contributed by atoms with van der Waals surface area (Å²) in [4.78, 5) is 50.8. The minimum atomic E-state index is -0.266. The molecule has 3 aromatic rings. The van der Waals surface area contributed by atoms with Crippen molar-refractivity contribution in [1.82, 2.24) is 30.3 Å². The van der Waals surface area contributed by atoms with Crippen LogP contribution in [0.4, 0.5) is 4.39 Å². The Bertz CT molecular complexity index is 1720. The van der Waals surface area contributed by atoms with Gasteiger partial charge in [-0.25, -0.2) is 9.37 Å². The highest BCUT2D eigenvalue weighted by molar-refractivity contribution is 5.97. The molecule has 2 N–H and O–H groups in total. The molecule has 0 spiro atoms. The number of likely N-dealkylation sites (tertiary alicyclic amines) is 1. The van der Waals surface area contributed by atoms with Crippen LogP contribution in [0.5, 0.6) is 0 Å². The average molecular weight is 756 g/mol. The Morgan fingerprint density at radius 2 is 1.51 bits per heavy atom. The van der Waals surface area contributed by atoms with Crippen molar-refractivity contribution >= 4 is 17.7 Å². The number of nitriles is 1. The number of carbonyl (C=O) groups is 3. The van der Waals surface area contributed by atoms with E-state index in [0.717, 1.165) is 50.0 Å². The van der Waals surface area contributed by atoms with Gasteiger partial charge >= 0.3 is 0 Å². The molecule has 2 aliphatic heterocycles. The highest BCUT2D eigenvalue weighted by atomic mass is 19.1. The summed E-state index contributed by atoms with van der Waals surface area (Å²) in [6, 6.07) is 18.1. The van der Waals surface area contributed by atoms with Gasteiger partial charge in [-0.05, 0) is 79.1 Å². The first-order valence-corrected chi connectivity index (χ1v) is 19.5. The first-order valence-electron chi connectivity index (χ1n) is 19.5. The fraction of sp³-hybridized carbons (Fsp3) is 0.500. The molecule has 3 amide bonds. The quantitative estimate of drug-likeness (QED) is 0.171. The van der Waals surface area contributed by atoms with Crippen LogP contribution in [0.1, 0.15) is 82.1 Å². The summed E-state index contributed by atoms with van der Waals surface area (Å²) in [5.74, 6) is -0.773. The van der Waals surface area contributed by atoms with Crippen molar-refractivity contribution in [1.29, 1.82) is 5.26 Å². The molecule has 0 radical (unpaired) electrons. The van der Waals surface area contributed by atoms with Crippen molar-refractivity contribution in [2.75, 3.05) is 72.2 Å². The predicted molar refractivity (Wildman–Crippen MR) is 207 cm³/mol. The third-order valence-corrected chi connectivity index (χ3v) is 9.96. The summed E-state index contributed by atoms with van der Waals surface area (Å²) in [5, 5.41) is 15.2. The normalized spacial score (nSPS) is 15.4. The number of pyridine rings is 1. The number of benzene rings is 2. The van der Waals surface area contributed by atoms with E-state index in [1.165, 1.54) is 18.3 Å². The Labute approximate surface area is 324 Å². The molecule has 0 saturated carbocycles. The number of carbonyl (C=O) groups excluding carboxylic acids is 3. The van der Waals surface area contributed by atoms with Gasteiger partial charge in [-0.15, -0.1) is 0 Å². The van der Waals surface area contributed by atoms with E-state index in [-0.39, 0.29) is 36.0 Å². The number of aryl methyl sites for hydroxylation is 1. The summed E-state index contributed by atoms with van der Waals surface area (Å²) < 4.78 is 24.2. The minimum absolute atomic E-state index is 0.00778. The predicted octanol–water partition coefficient (Wildman–Crippen LogP) is 4.33. The van der Waals surface area contributed by atoms with Crippen molar-refractivity contribution in [3.8, 4) is 6.07 Å². The molecule has 2 fully saturated rings. The van der Waals surface area contributed by atoms with Crippen molar-refractivity contribution in [2.24, 2.45) is 0 Å². The lowest BCUT2D eigenvalue weighted by Crippen LogP contribution is -2.48. The second-order valence-corrected chi connectivity index (χ2v) is 14.2. The fourth-order valence-electron chi connectivity index (χ4n) is 6.82. The van der Waals surface area contributed by atoms with Gasteiger partial charge in [-0.1, -0.05) is 31.2 Å². The largest absolute Gasteiger partial charge is 0.379 e. The number of ether oxygens (including phenoxy) is 2. The molecular weight excluding hydrogens is 702 g/mol. The zero-order chi connectivity index (χ0) is 38.8. The third kappa shape index (κ3) is 13.5. The number of nitrogens with zero attached hydrogens (tertiary/aromatic N) is 5. The summed E-state index contributed by atoms with van der Waals surface area (Å²) in [5.41, 5.74) is 4.21. The standard InChI is InChI=1S/C42H54FN7O5/c1-2-23-54-25-26-55-24-15-39(51)45-16-3-4-35-27-36(42(53)50-21-19-49(20-22-50)31-34-9-11-37(43)12-10-34)29-46-40(35)41(52)47-38-13-17-48(18-14-38)30-33-7-5-32(28-44)6-8-33/h5-12,27,29,38H,2-4,13-26,30-31H2,1H3,(H,45,51)(H,47,52). The molecule has 0 atom stereocenters. The maximum atomic E-state index is 13.7. The SMILES string of the molecule is CCCOCCOCCC(=O)NCCCc1cc(C(=O)N2CCN(Cc3ccc(F)cc3)CC2)cnc1C(=O)NC1CCN(Cc2ccc(C#N)cc2)CC1. The summed E-state index contributed by atoms with van der Waals surface area (Å²) in [7, 11) is 0. The number of aromatic nitrogens is 1. The minimum Gasteiger partial charge on any atom is -0.379 e. The van der Waals surface area contributed by atoms with Gasteiger partial charge in [-0.3, -0.25) is 24.2 Å². The number of hydrogen-bond acceptors (Lipinski definition) is 9. The lowest BCUT2D eigenvalue weighted by atomic mass is 10.0. The van der Waals surface area contributed by atoms with Gasteiger partial charge in [0, 0.05) is 84.2 Å². The molecule has 2 aliphatic rings. The maximum absolute atomic E-state index is 13.7. The van der Waals surface area contributed by atoms with Gasteiger partial charge in [-0.2, -0.15) is 5.26 Å². The van der Waals surface area contributed by atoms with E-state index < -0.39 is 0 Å². The molecule has 2 aromatic carbocycles. The van der Waals surface area contributed by atoms with E-state index >= 15 is 0 Å². The van der Waals surface area contributed by atoms with Crippen LogP contribution in [0.25, 0.3) is 0 Å². The average Bonchev–Trinajstić information content (AvgIpc) is 3.21. The molecule has 5 rings (SSSR count). The summed E-state index contributed by atoms with van der Waals surface area (Å²) in [6.07, 6.45) is 5.30. The van der Waals surface area contributed by atoms with Crippen molar-refractivity contribution in [3.05, 3.63) is 100 Å². The first kappa shape index (κ1) is 41.4. The molecule has 1 aromatic heterocycles. The number of rotatable bonds is 19. The lowest BCUT2D eigenvalue weighted by molar-refractivity contribution is -0.122. The molecule has 2 saturated heterocycles. The number of halogens is 1. The Morgan fingerprint density at radius 3 is 2.16 bits per heavy atom. The molecule has 55 heavy (non-hydrogen) atoms.